The number of carbonyl (C=O) groups is 2. The van der Waals surface area contributed by atoms with E-state index < -0.39 is 12.0 Å². The average Bonchev–Trinajstić information content (AvgIpc) is 2.17. The number of rotatable bonds is 2. The van der Waals surface area contributed by atoms with Gasteiger partial charge in [0.15, 0.2) is 0 Å². The quantitative estimate of drug-likeness (QED) is 0.675. The lowest BCUT2D eigenvalue weighted by atomic mass is 10.3. The number of ether oxygens (including phenoxy) is 1. The molecule has 6 nitrogen and oxygen atoms in total. The summed E-state index contributed by atoms with van der Waals surface area (Å²) < 4.78 is 5.27. The van der Waals surface area contributed by atoms with Gasteiger partial charge in [0.2, 0.25) is 0 Å². The fourth-order valence-electron chi connectivity index (χ4n) is 1.34. The maximum atomic E-state index is 11.6. The van der Waals surface area contributed by atoms with Crippen molar-refractivity contribution in [1.82, 2.24) is 10.2 Å². The van der Waals surface area contributed by atoms with Crippen LogP contribution in [0.4, 0.5) is 4.79 Å². The molecule has 0 aromatic carbocycles. The van der Waals surface area contributed by atoms with Crippen molar-refractivity contribution < 1.29 is 19.4 Å². The SMILES string of the molecule is CC1CN(C(=O)N[C@@H](C)C(=O)O)CCO1. The van der Waals surface area contributed by atoms with E-state index in [1.807, 2.05) is 6.92 Å². The Morgan fingerprint density at radius 2 is 2.27 bits per heavy atom. The number of carbonyl (C=O) groups excluding carboxylic acids is 1. The Kier molecular flexibility index (Phi) is 3.90. The second-order valence-electron chi connectivity index (χ2n) is 3.64. The largest absolute Gasteiger partial charge is 0.480 e. The molecule has 1 saturated heterocycles. The summed E-state index contributed by atoms with van der Waals surface area (Å²) in [5.41, 5.74) is 0. The Labute approximate surface area is 88.2 Å². The Bertz CT molecular complexity index is 256. The van der Waals surface area contributed by atoms with Crippen molar-refractivity contribution in [3.05, 3.63) is 0 Å². The van der Waals surface area contributed by atoms with Gasteiger partial charge in [-0.2, -0.15) is 0 Å². The fourth-order valence-corrected chi connectivity index (χ4v) is 1.34. The number of carboxylic acid groups (broad SMARTS) is 1. The molecule has 0 aromatic rings. The van der Waals surface area contributed by atoms with Crippen LogP contribution < -0.4 is 5.32 Å². The van der Waals surface area contributed by atoms with E-state index in [0.29, 0.717) is 19.7 Å². The summed E-state index contributed by atoms with van der Waals surface area (Å²) in [6.45, 7) is 4.81. The first-order valence-electron chi connectivity index (χ1n) is 4.90. The second kappa shape index (κ2) is 4.97. The summed E-state index contributed by atoms with van der Waals surface area (Å²) >= 11 is 0. The number of aliphatic carboxylic acids is 1. The van der Waals surface area contributed by atoms with Crippen molar-refractivity contribution in [3.8, 4) is 0 Å². The molecule has 1 heterocycles. The van der Waals surface area contributed by atoms with Gasteiger partial charge in [0, 0.05) is 13.1 Å². The molecule has 6 heteroatoms. The molecule has 0 saturated carbocycles. The fraction of sp³-hybridized carbons (Fsp3) is 0.778. The normalized spacial score (nSPS) is 23.3. The van der Waals surface area contributed by atoms with Crippen LogP contribution in [-0.2, 0) is 9.53 Å². The summed E-state index contributed by atoms with van der Waals surface area (Å²) in [5, 5.41) is 11.0. The number of hydrogen-bond donors (Lipinski definition) is 2. The second-order valence-corrected chi connectivity index (χ2v) is 3.64. The first-order valence-corrected chi connectivity index (χ1v) is 4.90. The van der Waals surface area contributed by atoms with Crippen LogP contribution in [0.5, 0.6) is 0 Å². The molecular formula is C9H16N2O4. The van der Waals surface area contributed by atoms with Gasteiger partial charge in [0.25, 0.3) is 0 Å². The van der Waals surface area contributed by atoms with Gasteiger partial charge in [0.05, 0.1) is 12.7 Å². The molecule has 2 amide bonds. The van der Waals surface area contributed by atoms with Crippen molar-refractivity contribution in [2.24, 2.45) is 0 Å². The molecule has 0 radical (unpaired) electrons. The molecule has 0 aliphatic carbocycles. The van der Waals surface area contributed by atoms with Gasteiger partial charge >= 0.3 is 12.0 Å². The number of nitrogens with zero attached hydrogens (tertiary/aromatic N) is 1. The van der Waals surface area contributed by atoms with E-state index >= 15 is 0 Å². The molecule has 2 N–H and O–H groups in total. The first kappa shape index (κ1) is 11.8. The third-order valence-corrected chi connectivity index (χ3v) is 2.24. The van der Waals surface area contributed by atoms with Crippen molar-refractivity contribution in [1.29, 1.82) is 0 Å². The van der Waals surface area contributed by atoms with E-state index in [-0.39, 0.29) is 12.1 Å². The lowest BCUT2D eigenvalue weighted by Crippen LogP contribution is -2.52. The zero-order valence-electron chi connectivity index (χ0n) is 8.90. The van der Waals surface area contributed by atoms with Gasteiger partial charge in [-0.3, -0.25) is 4.79 Å². The first-order chi connectivity index (χ1) is 7.00. The molecule has 0 bridgehead atoms. The summed E-state index contributed by atoms with van der Waals surface area (Å²) in [6, 6.07) is -1.21. The van der Waals surface area contributed by atoms with Gasteiger partial charge in [-0.15, -0.1) is 0 Å². The van der Waals surface area contributed by atoms with E-state index in [1.165, 1.54) is 6.92 Å². The highest BCUT2D eigenvalue weighted by molar-refractivity contribution is 5.82. The minimum atomic E-state index is -1.04. The maximum Gasteiger partial charge on any atom is 0.325 e. The Hall–Kier alpha value is -1.30. The maximum absolute atomic E-state index is 11.6. The van der Waals surface area contributed by atoms with E-state index in [2.05, 4.69) is 5.32 Å². The molecule has 86 valence electrons. The zero-order valence-corrected chi connectivity index (χ0v) is 8.90. The molecular weight excluding hydrogens is 200 g/mol. The molecule has 1 fully saturated rings. The number of morpholine rings is 1. The molecule has 1 rings (SSSR count). The van der Waals surface area contributed by atoms with Gasteiger partial charge in [-0.25, -0.2) is 4.79 Å². The summed E-state index contributed by atoms with van der Waals surface area (Å²) in [7, 11) is 0. The monoisotopic (exact) mass is 216 g/mol. The predicted octanol–water partition coefficient (Wildman–Crippen LogP) is -0.110. The standard InChI is InChI=1S/C9H16N2O4/c1-6-5-11(3-4-15-6)9(14)10-7(2)8(12)13/h6-7H,3-5H2,1-2H3,(H,10,14)(H,12,13)/t6?,7-/m0/s1. The number of nitrogens with one attached hydrogen (secondary N) is 1. The lowest BCUT2D eigenvalue weighted by Gasteiger charge is -2.31. The molecule has 0 spiro atoms. The minimum Gasteiger partial charge on any atom is -0.480 e. The molecule has 1 aliphatic rings. The van der Waals surface area contributed by atoms with Gasteiger partial charge < -0.3 is 20.1 Å². The number of urea groups is 1. The Morgan fingerprint density at radius 1 is 1.60 bits per heavy atom. The van der Waals surface area contributed by atoms with E-state index in [4.69, 9.17) is 9.84 Å². The van der Waals surface area contributed by atoms with Crippen molar-refractivity contribution in [3.63, 3.8) is 0 Å². The summed E-state index contributed by atoms with van der Waals surface area (Å²) in [5.74, 6) is -1.04. The number of carboxylic acids is 1. The van der Waals surface area contributed by atoms with Crippen LogP contribution in [0.1, 0.15) is 13.8 Å². The summed E-state index contributed by atoms with van der Waals surface area (Å²) in [6.07, 6.45) is 0.00429. The van der Waals surface area contributed by atoms with Crippen LogP contribution in [0.2, 0.25) is 0 Å². The van der Waals surface area contributed by atoms with Crippen LogP contribution in [0.3, 0.4) is 0 Å². The molecule has 2 atom stereocenters. The van der Waals surface area contributed by atoms with E-state index in [1.54, 1.807) is 4.90 Å². The molecule has 1 aliphatic heterocycles. The minimum absolute atomic E-state index is 0.00429. The van der Waals surface area contributed by atoms with Crippen molar-refractivity contribution in [2.45, 2.75) is 26.0 Å². The average molecular weight is 216 g/mol. The van der Waals surface area contributed by atoms with Crippen LogP contribution in [0.15, 0.2) is 0 Å². The lowest BCUT2D eigenvalue weighted by molar-refractivity contribution is -0.138. The van der Waals surface area contributed by atoms with Gasteiger partial charge in [-0.1, -0.05) is 0 Å². The Morgan fingerprint density at radius 3 is 2.80 bits per heavy atom. The molecule has 15 heavy (non-hydrogen) atoms. The highest BCUT2D eigenvalue weighted by Crippen LogP contribution is 2.04. The summed E-state index contributed by atoms with van der Waals surface area (Å²) in [4.78, 5) is 23.6. The van der Waals surface area contributed by atoms with Crippen LogP contribution >= 0.6 is 0 Å². The highest BCUT2D eigenvalue weighted by atomic mass is 16.5. The smallest absolute Gasteiger partial charge is 0.325 e. The highest BCUT2D eigenvalue weighted by Gasteiger charge is 2.23. The van der Waals surface area contributed by atoms with Gasteiger partial charge in [0.1, 0.15) is 6.04 Å². The van der Waals surface area contributed by atoms with E-state index in [0.717, 1.165) is 0 Å². The van der Waals surface area contributed by atoms with Crippen LogP contribution in [0, 0.1) is 0 Å². The number of hydrogen-bond acceptors (Lipinski definition) is 3. The van der Waals surface area contributed by atoms with Crippen molar-refractivity contribution >= 4 is 12.0 Å². The predicted molar refractivity (Wildman–Crippen MR) is 52.6 cm³/mol. The third kappa shape index (κ3) is 3.39. The zero-order chi connectivity index (χ0) is 11.4. The van der Waals surface area contributed by atoms with Gasteiger partial charge in [-0.05, 0) is 13.8 Å². The van der Waals surface area contributed by atoms with Crippen LogP contribution in [0.25, 0.3) is 0 Å². The van der Waals surface area contributed by atoms with Crippen molar-refractivity contribution in [2.75, 3.05) is 19.7 Å². The topological polar surface area (TPSA) is 78.9 Å². The Balaban J connectivity index is 2.42. The third-order valence-electron chi connectivity index (χ3n) is 2.24. The van der Waals surface area contributed by atoms with E-state index in [9.17, 15) is 9.59 Å². The molecule has 1 unspecified atom stereocenters. The van der Waals surface area contributed by atoms with Crippen LogP contribution in [-0.4, -0.2) is 53.8 Å². The number of amides is 2. The molecule has 0 aromatic heterocycles.